The molecule has 0 aliphatic heterocycles. The first-order valence-corrected chi connectivity index (χ1v) is 11.5. The largest absolute Gasteiger partial charge is 0.480 e. The number of benzene rings is 2. The maximum Gasteiger partial charge on any atom is 0.407 e. The summed E-state index contributed by atoms with van der Waals surface area (Å²) >= 11 is 1.16. The first-order chi connectivity index (χ1) is 16.5. The maximum atomic E-state index is 12.5. The lowest BCUT2D eigenvalue weighted by molar-refractivity contribution is -0.137. The molecule has 0 fully saturated rings. The Morgan fingerprint density at radius 3 is 2.32 bits per heavy atom. The first kappa shape index (κ1) is 23.4. The summed E-state index contributed by atoms with van der Waals surface area (Å²) < 4.78 is 5.49. The topological polar surface area (TPSA) is 129 Å². The number of amides is 2. The average Bonchev–Trinajstić information content (AvgIpc) is 3.43. The van der Waals surface area contributed by atoms with Crippen LogP contribution >= 0.6 is 11.3 Å². The van der Waals surface area contributed by atoms with Crippen LogP contribution in [0.2, 0.25) is 0 Å². The zero-order chi connectivity index (χ0) is 24.1. The third-order valence-corrected chi connectivity index (χ3v) is 6.33. The van der Waals surface area contributed by atoms with Crippen LogP contribution in [0, 0.1) is 0 Å². The van der Waals surface area contributed by atoms with Crippen LogP contribution in [0.15, 0.2) is 53.9 Å². The van der Waals surface area contributed by atoms with Gasteiger partial charge >= 0.3 is 12.1 Å². The van der Waals surface area contributed by atoms with Crippen molar-refractivity contribution in [2.75, 3.05) is 26.3 Å². The number of rotatable bonds is 9. The molecular formula is C24H23N3O6S. The summed E-state index contributed by atoms with van der Waals surface area (Å²) in [5.41, 5.74) is 4.58. The number of carboxylic acid groups (broad SMARTS) is 1. The van der Waals surface area contributed by atoms with Gasteiger partial charge in [0.25, 0.3) is 5.91 Å². The third-order valence-electron chi connectivity index (χ3n) is 5.48. The number of alkyl carbamates (subject to hydrolysis) is 1. The van der Waals surface area contributed by atoms with E-state index in [1.165, 1.54) is 5.38 Å². The second-order valence-corrected chi connectivity index (χ2v) is 8.59. The smallest absolute Gasteiger partial charge is 0.407 e. The van der Waals surface area contributed by atoms with Gasteiger partial charge in [0, 0.05) is 17.8 Å². The normalized spacial score (nSPS) is 12.0. The molecule has 0 unspecified atom stereocenters. The number of aliphatic hydroxyl groups is 1. The number of carbonyl (C=O) groups excluding carboxylic acids is 2. The maximum absolute atomic E-state index is 12.5. The molecule has 34 heavy (non-hydrogen) atoms. The van der Waals surface area contributed by atoms with Crippen molar-refractivity contribution in [2.24, 2.45) is 0 Å². The van der Waals surface area contributed by atoms with E-state index in [-0.39, 0.29) is 37.9 Å². The van der Waals surface area contributed by atoms with Crippen LogP contribution in [0.4, 0.5) is 4.79 Å². The Labute approximate surface area is 199 Å². The zero-order valence-corrected chi connectivity index (χ0v) is 19.0. The van der Waals surface area contributed by atoms with Gasteiger partial charge in [-0.15, -0.1) is 11.3 Å². The Balaban J connectivity index is 1.33. The highest BCUT2D eigenvalue weighted by molar-refractivity contribution is 7.09. The van der Waals surface area contributed by atoms with Crippen molar-refractivity contribution in [2.45, 2.75) is 12.5 Å². The number of aliphatic hydroxyl groups excluding tert-OH is 1. The zero-order valence-electron chi connectivity index (χ0n) is 18.1. The quantitative estimate of drug-likeness (QED) is 0.429. The molecular weight excluding hydrogens is 458 g/mol. The van der Waals surface area contributed by atoms with Gasteiger partial charge in [-0.05, 0) is 22.3 Å². The standard InChI is InChI=1S/C24H23N3O6S/c28-10-9-27(12-22(29)30)23(31)20-14-34-21(26-20)11-25-24(32)33-13-19-17-7-3-1-5-15(17)16-6-2-4-8-18(16)19/h1-8,14,19,28H,9-13H2,(H,25,32)(H,29,30). The number of carboxylic acids is 1. The molecule has 0 bridgehead atoms. The lowest BCUT2D eigenvalue weighted by Crippen LogP contribution is -2.37. The van der Waals surface area contributed by atoms with Crippen LogP contribution in [0.5, 0.6) is 0 Å². The summed E-state index contributed by atoms with van der Waals surface area (Å²) in [5, 5.41) is 22.6. The van der Waals surface area contributed by atoms with Gasteiger partial charge < -0.3 is 25.2 Å². The van der Waals surface area contributed by atoms with Crippen molar-refractivity contribution in [1.29, 1.82) is 0 Å². The van der Waals surface area contributed by atoms with E-state index in [4.69, 9.17) is 14.9 Å². The summed E-state index contributed by atoms with van der Waals surface area (Å²) in [5.74, 6) is -1.83. The summed E-state index contributed by atoms with van der Waals surface area (Å²) in [6, 6.07) is 16.1. The minimum atomic E-state index is -1.19. The number of aromatic nitrogens is 1. The van der Waals surface area contributed by atoms with Crippen molar-refractivity contribution < 1.29 is 29.3 Å². The lowest BCUT2D eigenvalue weighted by Gasteiger charge is -2.18. The molecule has 3 aromatic rings. The summed E-state index contributed by atoms with van der Waals surface area (Å²) in [6.07, 6.45) is -0.599. The molecule has 0 saturated heterocycles. The highest BCUT2D eigenvalue weighted by Gasteiger charge is 2.29. The molecule has 2 amide bonds. The van der Waals surface area contributed by atoms with E-state index in [0.717, 1.165) is 38.5 Å². The Bertz CT molecular complexity index is 1170. The molecule has 0 radical (unpaired) electrons. The average molecular weight is 482 g/mol. The van der Waals surface area contributed by atoms with Crippen LogP contribution in [0.1, 0.15) is 32.5 Å². The number of fused-ring (bicyclic) bond motifs is 3. The third kappa shape index (κ3) is 5.08. The number of thiazole rings is 1. The van der Waals surface area contributed by atoms with E-state index in [2.05, 4.69) is 22.4 Å². The van der Waals surface area contributed by atoms with E-state index in [0.29, 0.717) is 5.01 Å². The number of hydrogen-bond donors (Lipinski definition) is 3. The van der Waals surface area contributed by atoms with Crippen molar-refractivity contribution >= 4 is 29.3 Å². The highest BCUT2D eigenvalue weighted by Crippen LogP contribution is 2.44. The SMILES string of the molecule is O=C(O)CN(CCO)C(=O)c1csc(CNC(=O)OCC2c3ccccc3-c3ccccc32)n1. The highest BCUT2D eigenvalue weighted by atomic mass is 32.1. The van der Waals surface area contributed by atoms with Gasteiger partial charge in [0.1, 0.15) is 23.9 Å². The van der Waals surface area contributed by atoms with Gasteiger partial charge in [-0.25, -0.2) is 9.78 Å². The molecule has 2 aromatic carbocycles. The number of nitrogens with zero attached hydrogens (tertiary/aromatic N) is 2. The van der Waals surface area contributed by atoms with E-state index in [9.17, 15) is 14.4 Å². The second kappa shape index (κ2) is 10.4. The van der Waals surface area contributed by atoms with Gasteiger partial charge in [0.05, 0.1) is 13.2 Å². The van der Waals surface area contributed by atoms with Crippen molar-refractivity contribution in [3.63, 3.8) is 0 Å². The molecule has 0 spiro atoms. The predicted octanol–water partition coefficient (Wildman–Crippen LogP) is 2.70. The fourth-order valence-corrected chi connectivity index (χ4v) is 4.69. The predicted molar refractivity (Wildman–Crippen MR) is 125 cm³/mol. The molecule has 10 heteroatoms. The summed E-state index contributed by atoms with van der Waals surface area (Å²) in [7, 11) is 0. The van der Waals surface area contributed by atoms with Crippen molar-refractivity contribution in [3.05, 3.63) is 75.7 Å². The number of carbonyl (C=O) groups is 3. The van der Waals surface area contributed by atoms with Gasteiger partial charge in [-0.3, -0.25) is 9.59 Å². The van der Waals surface area contributed by atoms with Gasteiger partial charge in [0.15, 0.2) is 0 Å². The number of nitrogens with one attached hydrogen (secondary N) is 1. The minimum absolute atomic E-state index is 0.0472. The molecule has 1 aromatic heterocycles. The van der Waals surface area contributed by atoms with Crippen molar-refractivity contribution in [1.82, 2.24) is 15.2 Å². The van der Waals surface area contributed by atoms with Crippen LogP contribution in [0.25, 0.3) is 11.1 Å². The summed E-state index contributed by atoms with van der Waals surface area (Å²) in [6.45, 7) is -0.764. The Kier molecular flexibility index (Phi) is 7.19. The van der Waals surface area contributed by atoms with Gasteiger partial charge in [-0.1, -0.05) is 48.5 Å². The number of hydrogen-bond acceptors (Lipinski definition) is 7. The first-order valence-electron chi connectivity index (χ1n) is 10.6. The monoisotopic (exact) mass is 481 g/mol. The van der Waals surface area contributed by atoms with E-state index in [1.807, 2.05) is 36.4 Å². The van der Waals surface area contributed by atoms with Gasteiger partial charge in [0.2, 0.25) is 0 Å². The molecule has 1 heterocycles. The van der Waals surface area contributed by atoms with Crippen LogP contribution < -0.4 is 5.32 Å². The Hall–Kier alpha value is -3.76. The second-order valence-electron chi connectivity index (χ2n) is 7.65. The lowest BCUT2D eigenvalue weighted by atomic mass is 9.98. The Morgan fingerprint density at radius 2 is 1.71 bits per heavy atom. The van der Waals surface area contributed by atoms with Crippen LogP contribution in [0.3, 0.4) is 0 Å². The molecule has 4 rings (SSSR count). The summed E-state index contributed by atoms with van der Waals surface area (Å²) in [4.78, 5) is 40.9. The molecule has 1 aliphatic carbocycles. The van der Waals surface area contributed by atoms with Crippen molar-refractivity contribution in [3.8, 4) is 11.1 Å². The van der Waals surface area contributed by atoms with Crippen LogP contribution in [-0.4, -0.2) is 64.4 Å². The van der Waals surface area contributed by atoms with Crippen LogP contribution in [-0.2, 0) is 16.1 Å². The fourth-order valence-electron chi connectivity index (χ4n) is 3.99. The van der Waals surface area contributed by atoms with Gasteiger partial charge in [-0.2, -0.15) is 0 Å². The molecule has 0 atom stereocenters. The minimum Gasteiger partial charge on any atom is -0.480 e. The molecule has 176 valence electrons. The number of aliphatic carboxylic acids is 1. The molecule has 1 aliphatic rings. The van der Waals surface area contributed by atoms with E-state index in [1.54, 1.807) is 0 Å². The molecule has 9 nitrogen and oxygen atoms in total. The molecule has 0 saturated carbocycles. The fraction of sp³-hybridized carbons (Fsp3) is 0.250. The van der Waals surface area contributed by atoms with E-state index < -0.39 is 24.5 Å². The Morgan fingerprint density at radius 1 is 1.06 bits per heavy atom. The number of ether oxygens (including phenoxy) is 1. The van der Waals surface area contributed by atoms with E-state index >= 15 is 0 Å². The molecule has 3 N–H and O–H groups in total.